The zero-order chi connectivity index (χ0) is 22.1. The van der Waals surface area contributed by atoms with Gasteiger partial charge in [-0.3, -0.25) is 15.0 Å². The Balaban J connectivity index is 2.12. The van der Waals surface area contributed by atoms with E-state index in [1.807, 2.05) is 13.8 Å². The fourth-order valence-corrected chi connectivity index (χ4v) is 3.76. The molecule has 0 unspecified atom stereocenters. The monoisotopic (exact) mass is 426 g/mol. The lowest BCUT2D eigenvalue weighted by Crippen LogP contribution is -2.59. The highest BCUT2D eigenvalue weighted by Gasteiger charge is 2.41. The van der Waals surface area contributed by atoms with Gasteiger partial charge in [0.05, 0.1) is 24.2 Å². The Bertz CT molecular complexity index is 631. The van der Waals surface area contributed by atoms with Crippen LogP contribution >= 0.6 is 0 Å². The third-order valence-corrected chi connectivity index (χ3v) is 5.52. The number of carbonyl (C=O) groups is 3. The summed E-state index contributed by atoms with van der Waals surface area (Å²) < 4.78 is 11.4. The predicted octanol–water partition coefficient (Wildman–Crippen LogP) is 0.400. The Morgan fingerprint density at radius 1 is 1.23 bits per heavy atom. The molecule has 1 heterocycles. The molecule has 10 heteroatoms. The summed E-state index contributed by atoms with van der Waals surface area (Å²) in [7, 11) is 0. The van der Waals surface area contributed by atoms with Gasteiger partial charge in [0.25, 0.3) is 0 Å². The molecule has 1 saturated heterocycles. The molecule has 0 saturated carbocycles. The van der Waals surface area contributed by atoms with Crippen LogP contribution in [-0.4, -0.2) is 60.4 Å². The van der Waals surface area contributed by atoms with Crippen LogP contribution in [0.1, 0.15) is 52.9 Å². The number of aliphatic carboxylic acids is 1. The predicted molar refractivity (Wildman–Crippen MR) is 109 cm³/mol. The Hall–Kier alpha value is -2.01. The fraction of sp³-hybridized carbons (Fsp3) is 0.750. The zero-order valence-corrected chi connectivity index (χ0v) is 17.9. The number of hydrogen-bond donors (Lipinski definition) is 5. The Morgan fingerprint density at radius 2 is 1.90 bits per heavy atom. The molecule has 0 aromatic rings. The molecule has 5 N–H and O–H groups in total. The first-order chi connectivity index (χ1) is 14.3. The van der Waals surface area contributed by atoms with Crippen molar-refractivity contribution in [2.24, 2.45) is 5.92 Å². The van der Waals surface area contributed by atoms with Crippen molar-refractivity contribution in [3.63, 3.8) is 0 Å². The summed E-state index contributed by atoms with van der Waals surface area (Å²) in [6.45, 7) is 6.62. The van der Waals surface area contributed by atoms with Gasteiger partial charge in [0.1, 0.15) is 0 Å². The minimum atomic E-state index is -1.10. The van der Waals surface area contributed by atoms with E-state index in [4.69, 9.17) is 9.47 Å². The second-order valence-corrected chi connectivity index (χ2v) is 7.72. The average molecular weight is 427 g/mol. The van der Waals surface area contributed by atoms with E-state index in [0.29, 0.717) is 13.2 Å². The summed E-state index contributed by atoms with van der Waals surface area (Å²) in [5.41, 5.74) is 8.45. The van der Waals surface area contributed by atoms with Gasteiger partial charge < -0.3 is 19.9 Å². The second kappa shape index (κ2) is 12.0. The molecule has 0 aromatic carbocycles. The highest BCUT2D eigenvalue weighted by molar-refractivity contribution is 5.90. The molecule has 1 aliphatic carbocycles. The van der Waals surface area contributed by atoms with Gasteiger partial charge in [-0.15, -0.1) is 0 Å². The van der Waals surface area contributed by atoms with Crippen LogP contribution in [0.5, 0.6) is 0 Å². The topological polar surface area (TPSA) is 138 Å². The van der Waals surface area contributed by atoms with Crippen molar-refractivity contribution in [1.82, 2.24) is 21.7 Å². The molecule has 2 amide bonds. The number of hydrazine groups is 2. The van der Waals surface area contributed by atoms with E-state index in [1.54, 1.807) is 0 Å². The first-order valence-electron chi connectivity index (χ1n) is 10.6. The molecule has 1 aliphatic heterocycles. The van der Waals surface area contributed by atoms with Crippen molar-refractivity contribution in [3.05, 3.63) is 11.6 Å². The van der Waals surface area contributed by atoms with Crippen LogP contribution in [0.25, 0.3) is 0 Å². The minimum absolute atomic E-state index is 0.00611. The molecular weight excluding hydrogens is 392 g/mol. The van der Waals surface area contributed by atoms with Crippen molar-refractivity contribution < 1.29 is 29.0 Å². The summed E-state index contributed by atoms with van der Waals surface area (Å²) in [5, 5.41) is 12.3. The third kappa shape index (κ3) is 7.05. The van der Waals surface area contributed by atoms with Crippen LogP contribution in [0.4, 0.5) is 0 Å². The van der Waals surface area contributed by atoms with Crippen molar-refractivity contribution in [2.45, 2.75) is 77.2 Å². The van der Waals surface area contributed by atoms with Crippen molar-refractivity contribution in [3.8, 4) is 0 Å². The molecule has 0 radical (unpaired) electrons. The van der Waals surface area contributed by atoms with Crippen LogP contribution < -0.4 is 21.7 Å². The molecule has 2 aliphatic rings. The summed E-state index contributed by atoms with van der Waals surface area (Å²) in [5.74, 6) is -2.62. The van der Waals surface area contributed by atoms with Crippen LogP contribution in [0, 0.1) is 5.92 Å². The number of nitrogens with one attached hydrogen (secondary N) is 4. The largest absolute Gasteiger partial charge is 0.478 e. The quantitative estimate of drug-likeness (QED) is 0.317. The molecule has 3 atom stereocenters. The van der Waals surface area contributed by atoms with Crippen LogP contribution in [-0.2, 0) is 23.9 Å². The number of hydrogen-bond acceptors (Lipinski definition) is 7. The number of amides is 2. The van der Waals surface area contributed by atoms with E-state index in [-0.39, 0.29) is 30.0 Å². The van der Waals surface area contributed by atoms with Crippen molar-refractivity contribution >= 4 is 17.8 Å². The maximum Gasteiger partial charge on any atom is 0.331 e. The van der Waals surface area contributed by atoms with Crippen LogP contribution in [0.15, 0.2) is 11.6 Å². The van der Waals surface area contributed by atoms with E-state index in [0.717, 1.165) is 25.7 Å². The molecule has 10 nitrogen and oxygen atoms in total. The Kier molecular flexibility index (Phi) is 9.70. The maximum atomic E-state index is 12.9. The summed E-state index contributed by atoms with van der Waals surface area (Å²) >= 11 is 0. The number of carbonyl (C=O) groups excluding carboxylic acids is 2. The summed E-state index contributed by atoms with van der Waals surface area (Å²) in [6.07, 6.45) is 3.81. The maximum absolute atomic E-state index is 12.9. The van der Waals surface area contributed by atoms with Crippen molar-refractivity contribution in [2.75, 3.05) is 13.2 Å². The third-order valence-electron chi connectivity index (χ3n) is 5.52. The lowest BCUT2D eigenvalue weighted by atomic mass is 9.81. The SMILES string of the molecule is CCC(CC)O[C@@H]1C=C(C(=O)O)C[C@H](C(=O)NNNC2CCOCC2)[C@H]1NC(C)=O. The van der Waals surface area contributed by atoms with Crippen LogP contribution in [0.2, 0.25) is 0 Å². The van der Waals surface area contributed by atoms with E-state index >= 15 is 0 Å². The summed E-state index contributed by atoms with van der Waals surface area (Å²) in [6, 6.07) is -0.506. The smallest absolute Gasteiger partial charge is 0.331 e. The highest BCUT2D eigenvalue weighted by Crippen LogP contribution is 2.29. The normalized spacial score (nSPS) is 24.9. The van der Waals surface area contributed by atoms with Gasteiger partial charge in [0.15, 0.2) is 0 Å². The van der Waals surface area contributed by atoms with Gasteiger partial charge in [0, 0.05) is 31.8 Å². The highest BCUT2D eigenvalue weighted by atomic mass is 16.5. The molecule has 0 aromatic heterocycles. The zero-order valence-electron chi connectivity index (χ0n) is 17.9. The van der Waals surface area contributed by atoms with Crippen molar-refractivity contribution in [1.29, 1.82) is 0 Å². The van der Waals surface area contributed by atoms with E-state index in [1.165, 1.54) is 13.0 Å². The lowest BCUT2D eigenvalue weighted by molar-refractivity contribution is -0.135. The van der Waals surface area contributed by atoms with Crippen LogP contribution in [0.3, 0.4) is 0 Å². The van der Waals surface area contributed by atoms with E-state index in [2.05, 4.69) is 21.7 Å². The first kappa shape index (κ1) is 24.3. The minimum Gasteiger partial charge on any atom is -0.478 e. The molecule has 30 heavy (non-hydrogen) atoms. The van der Waals surface area contributed by atoms with Gasteiger partial charge in [0.2, 0.25) is 11.8 Å². The molecule has 2 rings (SSSR count). The number of carboxylic acid groups (broad SMARTS) is 1. The van der Waals surface area contributed by atoms with Gasteiger partial charge in [-0.05, 0) is 38.2 Å². The Labute approximate surface area is 177 Å². The van der Waals surface area contributed by atoms with E-state index < -0.39 is 29.9 Å². The van der Waals surface area contributed by atoms with Gasteiger partial charge in [-0.2, -0.15) is 5.53 Å². The molecule has 0 bridgehead atoms. The molecule has 1 fully saturated rings. The average Bonchev–Trinajstić information content (AvgIpc) is 2.72. The number of rotatable bonds is 10. The molecule has 0 spiro atoms. The van der Waals surface area contributed by atoms with Gasteiger partial charge in [-0.25, -0.2) is 10.2 Å². The fourth-order valence-electron chi connectivity index (χ4n) is 3.76. The van der Waals surface area contributed by atoms with E-state index in [9.17, 15) is 19.5 Å². The number of carboxylic acids is 1. The summed E-state index contributed by atoms with van der Waals surface area (Å²) in [4.78, 5) is 36.4. The van der Waals surface area contributed by atoms with Gasteiger partial charge in [-0.1, -0.05) is 13.8 Å². The van der Waals surface area contributed by atoms with Gasteiger partial charge >= 0.3 is 5.97 Å². The molecule has 170 valence electrons. The second-order valence-electron chi connectivity index (χ2n) is 7.72. The first-order valence-corrected chi connectivity index (χ1v) is 10.6. The Morgan fingerprint density at radius 3 is 2.47 bits per heavy atom. The standard InChI is InChI=1S/C20H34N4O6/c1-4-15(5-2)30-17-11-13(20(27)28)10-16(18(17)21-12(3)25)19(26)23-24-22-14-6-8-29-9-7-14/h11,14-18,22,24H,4-10H2,1-3H3,(H,21,25)(H,23,26)(H,27,28)/t16-,17+,18+/m0/s1. The lowest BCUT2D eigenvalue weighted by Gasteiger charge is -2.37. The molecular formula is C20H34N4O6. The number of ether oxygens (including phenoxy) is 2.